The number of nitrogen functional groups attached to an aromatic ring is 1. The predicted molar refractivity (Wildman–Crippen MR) is 61.6 cm³/mol. The first-order valence-electron chi connectivity index (χ1n) is 5.03. The lowest BCUT2D eigenvalue weighted by Gasteiger charge is -2.08. The fourth-order valence-corrected chi connectivity index (χ4v) is 1.36. The molecule has 0 aliphatic carbocycles. The van der Waals surface area contributed by atoms with Crippen molar-refractivity contribution in [2.24, 2.45) is 0 Å². The maximum atomic E-state index is 13.0. The van der Waals surface area contributed by atoms with Gasteiger partial charge in [0.1, 0.15) is 17.4 Å². The van der Waals surface area contributed by atoms with Gasteiger partial charge in [0.25, 0.3) is 0 Å². The van der Waals surface area contributed by atoms with Crippen molar-refractivity contribution in [1.82, 2.24) is 4.98 Å². The molecule has 0 aliphatic rings. The minimum atomic E-state index is -0.729. The van der Waals surface area contributed by atoms with E-state index in [1.54, 1.807) is 0 Å². The zero-order valence-corrected chi connectivity index (χ0v) is 9.48. The summed E-state index contributed by atoms with van der Waals surface area (Å²) in [5, 5.41) is 0. The summed E-state index contributed by atoms with van der Waals surface area (Å²) in [4.78, 5) is 3.93. The van der Waals surface area contributed by atoms with Gasteiger partial charge in [0.2, 0.25) is 11.8 Å². The van der Waals surface area contributed by atoms with Gasteiger partial charge in [-0.2, -0.15) is 4.98 Å². The molecular formula is C12H10F2N2O2. The number of benzene rings is 1. The number of ether oxygens (including phenoxy) is 2. The summed E-state index contributed by atoms with van der Waals surface area (Å²) in [5.41, 5.74) is 5.92. The van der Waals surface area contributed by atoms with E-state index < -0.39 is 11.6 Å². The highest BCUT2D eigenvalue weighted by atomic mass is 19.1. The van der Waals surface area contributed by atoms with Crippen LogP contribution in [0.25, 0.3) is 0 Å². The molecule has 94 valence electrons. The number of nitrogens with two attached hydrogens (primary N) is 1. The van der Waals surface area contributed by atoms with Gasteiger partial charge in [-0.3, -0.25) is 0 Å². The third-order valence-corrected chi connectivity index (χ3v) is 2.12. The average Bonchev–Trinajstić information content (AvgIpc) is 2.30. The van der Waals surface area contributed by atoms with Crippen molar-refractivity contribution in [3.8, 4) is 17.5 Å². The van der Waals surface area contributed by atoms with Gasteiger partial charge in [0.15, 0.2) is 0 Å². The van der Waals surface area contributed by atoms with Crippen molar-refractivity contribution in [1.29, 1.82) is 0 Å². The SMILES string of the molecule is COc1nc(Oc2cc(F)cc(F)c2)ccc1N. The number of nitrogens with zero attached hydrogens (tertiary/aromatic N) is 1. The molecule has 0 radical (unpaired) electrons. The second-order valence-electron chi connectivity index (χ2n) is 3.46. The molecule has 0 unspecified atom stereocenters. The van der Waals surface area contributed by atoms with Gasteiger partial charge >= 0.3 is 0 Å². The van der Waals surface area contributed by atoms with E-state index in [1.165, 1.54) is 19.2 Å². The number of pyridine rings is 1. The Labute approximate surface area is 102 Å². The van der Waals surface area contributed by atoms with Crippen LogP contribution < -0.4 is 15.2 Å². The molecule has 0 aliphatic heterocycles. The zero-order valence-electron chi connectivity index (χ0n) is 9.48. The van der Waals surface area contributed by atoms with Crippen molar-refractivity contribution in [3.05, 3.63) is 42.0 Å². The van der Waals surface area contributed by atoms with Gasteiger partial charge in [-0.1, -0.05) is 0 Å². The Morgan fingerprint density at radius 1 is 1.11 bits per heavy atom. The highest BCUT2D eigenvalue weighted by molar-refractivity contribution is 5.49. The third kappa shape index (κ3) is 2.65. The average molecular weight is 252 g/mol. The van der Waals surface area contributed by atoms with Crippen molar-refractivity contribution >= 4 is 5.69 Å². The normalized spacial score (nSPS) is 10.2. The van der Waals surface area contributed by atoms with Crippen LogP contribution in [0.2, 0.25) is 0 Å². The Bertz CT molecular complexity index is 556. The van der Waals surface area contributed by atoms with E-state index in [1.807, 2.05) is 0 Å². The van der Waals surface area contributed by atoms with Gasteiger partial charge in [0.05, 0.1) is 12.8 Å². The summed E-state index contributed by atoms with van der Waals surface area (Å²) in [7, 11) is 1.41. The summed E-state index contributed by atoms with van der Waals surface area (Å²) < 4.78 is 36.0. The number of halogens is 2. The quantitative estimate of drug-likeness (QED) is 0.912. The van der Waals surface area contributed by atoms with E-state index in [2.05, 4.69) is 4.98 Å². The molecule has 0 bridgehead atoms. The standard InChI is InChI=1S/C12H10F2N2O2/c1-17-12-10(15)2-3-11(16-12)18-9-5-7(13)4-8(14)6-9/h2-6H,15H2,1H3. The van der Waals surface area contributed by atoms with Crippen molar-refractivity contribution in [3.63, 3.8) is 0 Å². The maximum Gasteiger partial charge on any atom is 0.240 e. The molecule has 2 N–H and O–H groups in total. The lowest BCUT2D eigenvalue weighted by atomic mass is 10.3. The second kappa shape index (κ2) is 4.87. The zero-order chi connectivity index (χ0) is 13.1. The number of aromatic nitrogens is 1. The summed E-state index contributed by atoms with van der Waals surface area (Å²) in [6.07, 6.45) is 0. The number of hydrogen-bond donors (Lipinski definition) is 1. The molecule has 0 saturated carbocycles. The number of rotatable bonds is 3. The van der Waals surface area contributed by atoms with Crippen LogP contribution >= 0.6 is 0 Å². The highest BCUT2D eigenvalue weighted by Gasteiger charge is 2.07. The molecule has 6 heteroatoms. The molecule has 0 spiro atoms. The summed E-state index contributed by atoms with van der Waals surface area (Å²) in [6, 6.07) is 5.85. The van der Waals surface area contributed by atoms with Crippen LogP contribution in [-0.4, -0.2) is 12.1 Å². The minimum absolute atomic E-state index is 0.00632. The Morgan fingerprint density at radius 3 is 2.39 bits per heavy atom. The highest BCUT2D eigenvalue weighted by Crippen LogP contribution is 2.26. The largest absolute Gasteiger partial charge is 0.479 e. The molecule has 2 rings (SSSR count). The summed E-state index contributed by atoms with van der Waals surface area (Å²) >= 11 is 0. The molecule has 0 amide bonds. The fourth-order valence-electron chi connectivity index (χ4n) is 1.36. The molecule has 1 aromatic heterocycles. The number of methoxy groups -OCH3 is 1. The summed E-state index contributed by atoms with van der Waals surface area (Å²) in [5.74, 6) is -1.14. The molecule has 0 saturated heterocycles. The van der Waals surface area contributed by atoms with Gasteiger partial charge < -0.3 is 15.2 Å². The lowest BCUT2D eigenvalue weighted by molar-refractivity contribution is 0.384. The van der Waals surface area contributed by atoms with Crippen LogP contribution in [-0.2, 0) is 0 Å². The van der Waals surface area contributed by atoms with Gasteiger partial charge in [-0.15, -0.1) is 0 Å². The molecule has 2 aromatic rings. The van der Waals surface area contributed by atoms with Crippen LogP contribution in [0.5, 0.6) is 17.5 Å². The van der Waals surface area contributed by atoms with Crippen LogP contribution in [0.4, 0.5) is 14.5 Å². The summed E-state index contributed by atoms with van der Waals surface area (Å²) in [6.45, 7) is 0. The third-order valence-electron chi connectivity index (χ3n) is 2.12. The molecule has 1 aromatic carbocycles. The molecule has 0 atom stereocenters. The monoisotopic (exact) mass is 252 g/mol. The van der Waals surface area contributed by atoms with Gasteiger partial charge in [0, 0.05) is 24.3 Å². The Balaban J connectivity index is 2.28. The first-order valence-corrected chi connectivity index (χ1v) is 5.03. The number of anilines is 1. The smallest absolute Gasteiger partial charge is 0.240 e. The molecule has 1 heterocycles. The fraction of sp³-hybridized carbons (Fsp3) is 0.0833. The maximum absolute atomic E-state index is 13.0. The van der Waals surface area contributed by atoms with E-state index in [4.69, 9.17) is 15.2 Å². The van der Waals surface area contributed by atoms with Crippen LogP contribution in [0, 0.1) is 11.6 Å². The Morgan fingerprint density at radius 2 is 1.78 bits per heavy atom. The van der Waals surface area contributed by atoms with Crippen molar-refractivity contribution in [2.75, 3.05) is 12.8 Å². The Hall–Kier alpha value is -2.37. The predicted octanol–water partition coefficient (Wildman–Crippen LogP) is 2.74. The molecule has 18 heavy (non-hydrogen) atoms. The topological polar surface area (TPSA) is 57.4 Å². The van der Waals surface area contributed by atoms with E-state index in [0.717, 1.165) is 18.2 Å². The first kappa shape index (κ1) is 12.1. The van der Waals surface area contributed by atoms with Gasteiger partial charge in [-0.05, 0) is 6.07 Å². The molecule has 4 nitrogen and oxygen atoms in total. The van der Waals surface area contributed by atoms with Crippen molar-refractivity contribution in [2.45, 2.75) is 0 Å². The van der Waals surface area contributed by atoms with E-state index in [9.17, 15) is 8.78 Å². The second-order valence-corrected chi connectivity index (χ2v) is 3.46. The van der Waals surface area contributed by atoms with E-state index in [-0.39, 0.29) is 17.5 Å². The van der Waals surface area contributed by atoms with Crippen LogP contribution in [0.1, 0.15) is 0 Å². The lowest BCUT2D eigenvalue weighted by Crippen LogP contribution is -1.97. The van der Waals surface area contributed by atoms with E-state index >= 15 is 0 Å². The Kier molecular flexibility index (Phi) is 3.27. The minimum Gasteiger partial charge on any atom is -0.479 e. The van der Waals surface area contributed by atoms with Crippen molar-refractivity contribution < 1.29 is 18.3 Å². The van der Waals surface area contributed by atoms with Gasteiger partial charge in [-0.25, -0.2) is 8.78 Å². The van der Waals surface area contributed by atoms with E-state index in [0.29, 0.717) is 5.69 Å². The number of hydrogen-bond acceptors (Lipinski definition) is 4. The van der Waals surface area contributed by atoms with Crippen LogP contribution in [0.15, 0.2) is 30.3 Å². The van der Waals surface area contributed by atoms with Crippen LogP contribution in [0.3, 0.4) is 0 Å². The molecule has 0 fully saturated rings. The molecular weight excluding hydrogens is 242 g/mol. The first-order chi connectivity index (χ1) is 8.58.